The molecule has 21 heavy (non-hydrogen) atoms. The molecule has 1 aromatic rings. The average Bonchev–Trinajstić information content (AvgIpc) is 2.53. The highest BCUT2D eigenvalue weighted by atomic mass is 35.5. The van der Waals surface area contributed by atoms with Gasteiger partial charge in [-0.3, -0.25) is 9.59 Å². The number of methoxy groups -OCH3 is 2. The molecule has 1 heterocycles. The summed E-state index contributed by atoms with van der Waals surface area (Å²) in [5.74, 6) is -0.244. The maximum absolute atomic E-state index is 12.6. The zero-order chi connectivity index (χ0) is 15.4. The quantitative estimate of drug-likeness (QED) is 0.804. The number of rotatable bonds is 3. The van der Waals surface area contributed by atoms with Gasteiger partial charge in [-0.2, -0.15) is 0 Å². The Hall–Kier alpha value is -1.75. The van der Waals surface area contributed by atoms with Crippen molar-refractivity contribution in [1.29, 1.82) is 0 Å². The Morgan fingerprint density at radius 2 is 2.10 bits per heavy atom. The van der Waals surface area contributed by atoms with Crippen LogP contribution in [0.1, 0.15) is 23.2 Å². The molecule has 1 aliphatic heterocycles. The van der Waals surface area contributed by atoms with Crippen LogP contribution < -0.4 is 4.74 Å². The monoisotopic (exact) mass is 311 g/mol. The Balaban J connectivity index is 2.18. The second-order valence-corrected chi connectivity index (χ2v) is 5.39. The van der Waals surface area contributed by atoms with Gasteiger partial charge in [-0.05, 0) is 31.0 Å². The number of hydrogen-bond donors (Lipinski definition) is 0. The maximum Gasteiger partial charge on any atom is 0.310 e. The first-order valence-electron chi connectivity index (χ1n) is 6.77. The summed E-state index contributed by atoms with van der Waals surface area (Å²) in [4.78, 5) is 25.9. The van der Waals surface area contributed by atoms with Gasteiger partial charge in [-0.15, -0.1) is 0 Å². The first-order chi connectivity index (χ1) is 10.1. The SMILES string of the molecule is COC(=O)C1CCCN(C(=O)c2ccc(Cl)cc2OC)C1. The summed E-state index contributed by atoms with van der Waals surface area (Å²) in [6, 6.07) is 4.90. The van der Waals surface area contributed by atoms with Gasteiger partial charge in [0.25, 0.3) is 5.91 Å². The van der Waals surface area contributed by atoms with E-state index in [1.54, 1.807) is 23.1 Å². The van der Waals surface area contributed by atoms with Crippen LogP contribution in [0.25, 0.3) is 0 Å². The van der Waals surface area contributed by atoms with Gasteiger partial charge >= 0.3 is 5.97 Å². The average molecular weight is 312 g/mol. The van der Waals surface area contributed by atoms with Crippen molar-refractivity contribution in [2.24, 2.45) is 5.92 Å². The maximum atomic E-state index is 12.6. The zero-order valence-corrected chi connectivity index (χ0v) is 12.9. The number of ether oxygens (including phenoxy) is 2. The van der Waals surface area contributed by atoms with E-state index >= 15 is 0 Å². The lowest BCUT2D eigenvalue weighted by molar-refractivity contribution is -0.146. The molecular weight excluding hydrogens is 294 g/mol. The molecule has 6 heteroatoms. The molecule has 0 aromatic heterocycles. The summed E-state index contributed by atoms with van der Waals surface area (Å²) >= 11 is 5.90. The van der Waals surface area contributed by atoms with Crippen LogP contribution in [-0.4, -0.2) is 44.1 Å². The molecule has 1 unspecified atom stereocenters. The third kappa shape index (κ3) is 3.47. The molecule has 0 radical (unpaired) electrons. The molecule has 1 amide bonds. The minimum Gasteiger partial charge on any atom is -0.496 e. The molecule has 0 N–H and O–H groups in total. The molecule has 1 aliphatic rings. The van der Waals surface area contributed by atoms with E-state index in [2.05, 4.69) is 0 Å². The van der Waals surface area contributed by atoms with Crippen LogP contribution in [0, 0.1) is 5.92 Å². The highest BCUT2D eigenvalue weighted by Crippen LogP contribution is 2.26. The fourth-order valence-corrected chi connectivity index (χ4v) is 2.69. The van der Waals surface area contributed by atoms with Crippen molar-refractivity contribution < 1.29 is 19.1 Å². The van der Waals surface area contributed by atoms with Crippen molar-refractivity contribution in [3.63, 3.8) is 0 Å². The number of carbonyl (C=O) groups is 2. The molecule has 0 spiro atoms. The summed E-state index contributed by atoms with van der Waals surface area (Å²) in [6.45, 7) is 0.995. The zero-order valence-electron chi connectivity index (χ0n) is 12.1. The first-order valence-corrected chi connectivity index (χ1v) is 7.15. The number of carbonyl (C=O) groups excluding carboxylic acids is 2. The van der Waals surface area contributed by atoms with Crippen LogP contribution in [-0.2, 0) is 9.53 Å². The van der Waals surface area contributed by atoms with Crippen molar-refractivity contribution in [1.82, 2.24) is 4.90 Å². The molecule has 1 saturated heterocycles. The fraction of sp³-hybridized carbons (Fsp3) is 0.467. The van der Waals surface area contributed by atoms with Gasteiger partial charge in [0.2, 0.25) is 0 Å². The molecule has 1 atom stereocenters. The summed E-state index contributed by atoms with van der Waals surface area (Å²) < 4.78 is 9.98. The van der Waals surface area contributed by atoms with Crippen LogP contribution in [0.2, 0.25) is 5.02 Å². The summed E-state index contributed by atoms with van der Waals surface area (Å²) in [5.41, 5.74) is 0.451. The fourth-order valence-electron chi connectivity index (χ4n) is 2.53. The second kappa shape index (κ2) is 6.80. The van der Waals surface area contributed by atoms with Gasteiger partial charge in [0, 0.05) is 18.1 Å². The number of halogens is 1. The largest absolute Gasteiger partial charge is 0.496 e. The Kier molecular flexibility index (Phi) is 5.07. The van der Waals surface area contributed by atoms with E-state index in [1.165, 1.54) is 14.2 Å². The van der Waals surface area contributed by atoms with Crippen LogP contribution in [0.5, 0.6) is 5.75 Å². The van der Waals surface area contributed by atoms with E-state index in [-0.39, 0.29) is 17.8 Å². The molecule has 0 saturated carbocycles. The lowest BCUT2D eigenvalue weighted by atomic mass is 9.97. The lowest BCUT2D eigenvalue weighted by Gasteiger charge is -2.31. The molecule has 5 nitrogen and oxygen atoms in total. The third-order valence-electron chi connectivity index (χ3n) is 3.64. The normalized spacial score (nSPS) is 18.2. The standard InChI is InChI=1S/C15H18ClNO4/c1-20-13-8-11(16)5-6-12(13)14(18)17-7-3-4-10(9-17)15(19)21-2/h5-6,8,10H,3-4,7,9H2,1-2H3. The van der Waals surface area contributed by atoms with Crippen molar-refractivity contribution in [2.45, 2.75) is 12.8 Å². The topological polar surface area (TPSA) is 55.8 Å². The van der Waals surface area contributed by atoms with E-state index in [4.69, 9.17) is 21.1 Å². The van der Waals surface area contributed by atoms with Crippen LogP contribution in [0.3, 0.4) is 0 Å². The molecular formula is C15H18ClNO4. The molecule has 1 fully saturated rings. The Bertz CT molecular complexity index is 546. The predicted octanol–water partition coefficient (Wildman–Crippen LogP) is 2.37. The van der Waals surface area contributed by atoms with Gasteiger partial charge in [-0.1, -0.05) is 11.6 Å². The van der Waals surface area contributed by atoms with E-state index < -0.39 is 0 Å². The smallest absolute Gasteiger partial charge is 0.310 e. The highest BCUT2D eigenvalue weighted by Gasteiger charge is 2.30. The van der Waals surface area contributed by atoms with Gasteiger partial charge in [-0.25, -0.2) is 0 Å². The molecule has 1 aromatic carbocycles. The number of amides is 1. The number of nitrogens with zero attached hydrogens (tertiary/aromatic N) is 1. The third-order valence-corrected chi connectivity index (χ3v) is 3.87. The summed E-state index contributed by atoms with van der Waals surface area (Å²) in [6.07, 6.45) is 1.52. The highest BCUT2D eigenvalue weighted by molar-refractivity contribution is 6.30. The van der Waals surface area contributed by atoms with E-state index in [1.807, 2.05) is 0 Å². The van der Waals surface area contributed by atoms with Crippen LogP contribution in [0.4, 0.5) is 0 Å². The molecule has 2 rings (SSSR count). The minimum absolute atomic E-state index is 0.155. The predicted molar refractivity (Wildman–Crippen MR) is 78.6 cm³/mol. The van der Waals surface area contributed by atoms with Gasteiger partial charge in [0.05, 0.1) is 25.7 Å². The molecule has 114 valence electrons. The number of piperidine rings is 1. The minimum atomic E-state index is -0.268. The van der Waals surface area contributed by atoms with Crippen molar-refractivity contribution >= 4 is 23.5 Å². The Morgan fingerprint density at radius 1 is 1.33 bits per heavy atom. The van der Waals surface area contributed by atoms with Gasteiger partial charge < -0.3 is 14.4 Å². The van der Waals surface area contributed by atoms with Crippen molar-refractivity contribution in [3.05, 3.63) is 28.8 Å². The number of esters is 1. The summed E-state index contributed by atoms with van der Waals surface area (Å²) in [7, 11) is 2.86. The van der Waals surface area contributed by atoms with Crippen LogP contribution in [0.15, 0.2) is 18.2 Å². The molecule has 0 aliphatic carbocycles. The Labute approximate surface area is 128 Å². The van der Waals surface area contributed by atoms with Crippen molar-refractivity contribution in [3.8, 4) is 5.75 Å². The molecule has 0 bridgehead atoms. The van der Waals surface area contributed by atoms with Crippen molar-refractivity contribution in [2.75, 3.05) is 27.3 Å². The van der Waals surface area contributed by atoms with Crippen LogP contribution >= 0.6 is 11.6 Å². The lowest BCUT2D eigenvalue weighted by Crippen LogP contribution is -2.42. The summed E-state index contributed by atoms with van der Waals surface area (Å²) in [5, 5.41) is 0.509. The van der Waals surface area contributed by atoms with Gasteiger partial charge in [0.15, 0.2) is 0 Å². The van der Waals surface area contributed by atoms with Gasteiger partial charge in [0.1, 0.15) is 5.75 Å². The second-order valence-electron chi connectivity index (χ2n) is 4.96. The van der Waals surface area contributed by atoms with E-state index in [9.17, 15) is 9.59 Å². The first kappa shape index (κ1) is 15.6. The Morgan fingerprint density at radius 3 is 2.76 bits per heavy atom. The van der Waals surface area contributed by atoms with E-state index in [0.717, 1.165) is 12.8 Å². The van der Waals surface area contributed by atoms with E-state index in [0.29, 0.717) is 29.4 Å². The number of hydrogen-bond acceptors (Lipinski definition) is 4. The number of likely N-dealkylation sites (tertiary alicyclic amines) is 1. The number of benzene rings is 1.